The van der Waals surface area contributed by atoms with Crippen molar-refractivity contribution in [2.24, 2.45) is 0 Å². The van der Waals surface area contributed by atoms with Crippen LogP contribution in [0.4, 0.5) is 0 Å². The fourth-order valence-electron chi connectivity index (χ4n) is 2.09. The second-order valence-corrected chi connectivity index (χ2v) is 3.85. The van der Waals surface area contributed by atoms with Gasteiger partial charge in [-0.05, 0) is 0 Å². The zero-order valence-electron chi connectivity index (χ0n) is 8.15. The first-order valence-corrected chi connectivity index (χ1v) is 4.77. The van der Waals surface area contributed by atoms with Crippen LogP contribution in [0.5, 0.6) is 0 Å². The minimum absolute atomic E-state index is 0.609. The number of hydrogen-bond acceptors (Lipinski definition) is 6. The number of nitrogens with zero attached hydrogens (tertiary/aromatic N) is 1. The first kappa shape index (κ1) is 11.3. The van der Waals surface area contributed by atoms with E-state index in [1.165, 1.54) is 0 Å². The van der Waals surface area contributed by atoms with Crippen LogP contribution in [0.15, 0.2) is 0 Å². The van der Waals surface area contributed by atoms with Crippen LogP contribution in [0.1, 0.15) is 0 Å². The lowest BCUT2D eigenvalue weighted by Gasteiger charge is -2.44. The van der Waals surface area contributed by atoms with E-state index in [1.54, 1.807) is 0 Å². The minimum atomic E-state index is -1.52. The molecule has 5 atom stereocenters. The number of rotatable bonds is 1. The molecule has 2 rings (SSSR count). The van der Waals surface area contributed by atoms with Gasteiger partial charge in [-0.25, -0.2) is 0 Å². The number of carbonyl (C=O) groups is 2. The molecule has 0 aromatic heterocycles. The quantitative estimate of drug-likeness (QED) is 0.291. The first-order chi connectivity index (χ1) is 7.49. The van der Waals surface area contributed by atoms with E-state index in [0.717, 1.165) is 4.90 Å². The molecule has 0 radical (unpaired) electrons. The van der Waals surface area contributed by atoms with E-state index in [2.05, 4.69) is 5.32 Å². The molecule has 16 heavy (non-hydrogen) atoms. The van der Waals surface area contributed by atoms with E-state index in [1.807, 2.05) is 0 Å². The summed E-state index contributed by atoms with van der Waals surface area (Å²) in [5.41, 5.74) is 0. The molecule has 2 aliphatic rings. The van der Waals surface area contributed by atoms with Crippen LogP contribution >= 0.6 is 0 Å². The third kappa shape index (κ3) is 1.31. The summed E-state index contributed by atoms with van der Waals surface area (Å²) < 4.78 is 0. The van der Waals surface area contributed by atoms with Crippen molar-refractivity contribution in [2.45, 2.75) is 30.5 Å². The molecule has 0 unspecified atom stereocenters. The van der Waals surface area contributed by atoms with E-state index in [-0.39, 0.29) is 0 Å². The molecule has 0 bridgehead atoms. The highest BCUT2D eigenvalue weighted by molar-refractivity contribution is 6.37. The zero-order valence-corrected chi connectivity index (χ0v) is 8.15. The monoisotopic (exact) mass is 232 g/mol. The topological polar surface area (TPSA) is 130 Å². The molecule has 8 nitrogen and oxygen atoms in total. The number of nitrogens with one attached hydrogen (secondary N) is 1. The van der Waals surface area contributed by atoms with Crippen molar-refractivity contribution in [1.82, 2.24) is 10.2 Å². The van der Waals surface area contributed by atoms with E-state index in [0.29, 0.717) is 0 Å². The van der Waals surface area contributed by atoms with Gasteiger partial charge >= 0.3 is 11.8 Å². The standard InChI is InChI=1S/C8H12N2O6/c11-1-2-3(12)4(13)5(14)6-9-7(15)8(16)10(2)6/h2-6,11-14H,1H2,(H,9,15)/t2-,3-,4+,5+,6+/m1/s1. The molecule has 0 aromatic carbocycles. The molecular formula is C8H12N2O6. The summed E-state index contributed by atoms with van der Waals surface area (Å²) in [5, 5.41) is 39.8. The molecule has 8 heteroatoms. The van der Waals surface area contributed by atoms with Crippen molar-refractivity contribution < 1.29 is 30.0 Å². The molecule has 2 amide bonds. The largest absolute Gasteiger partial charge is 0.394 e. The number of fused-ring (bicyclic) bond motifs is 1. The summed E-state index contributed by atoms with van der Waals surface area (Å²) in [6, 6.07) is -1.10. The van der Waals surface area contributed by atoms with Gasteiger partial charge in [0, 0.05) is 0 Å². The summed E-state index contributed by atoms with van der Waals surface area (Å²) in [4.78, 5) is 23.4. The average molecular weight is 232 g/mol. The van der Waals surface area contributed by atoms with Gasteiger partial charge in [-0.2, -0.15) is 0 Å². The van der Waals surface area contributed by atoms with Gasteiger partial charge in [0.25, 0.3) is 0 Å². The van der Waals surface area contributed by atoms with Gasteiger partial charge in [0.15, 0.2) is 0 Å². The normalized spacial score (nSPS) is 43.2. The lowest BCUT2D eigenvalue weighted by molar-refractivity contribution is -0.175. The van der Waals surface area contributed by atoms with E-state index >= 15 is 0 Å². The van der Waals surface area contributed by atoms with Crippen LogP contribution in [0.2, 0.25) is 0 Å². The lowest BCUT2D eigenvalue weighted by atomic mass is 9.92. The maximum Gasteiger partial charge on any atom is 0.314 e. The van der Waals surface area contributed by atoms with Crippen molar-refractivity contribution in [3.8, 4) is 0 Å². The van der Waals surface area contributed by atoms with Crippen molar-refractivity contribution in [1.29, 1.82) is 0 Å². The maximum atomic E-state index is 11.4. The molecule has 2 heterocycles. The minimum Gasteiger partial charge on any atom is -0.394 e. The highest BCUT2D eigenvalue weighted by Crippen LogP contribution is 2.26. The fraction of sp³-hybridized carbons (Fsp3) is 0.750. The van der Waals surface area contributed by atoms with Crippen LogP contribution in [-0.4, -0.2) is 74.3 Å². The molecule has 2 saturated heterocycles. The van der Waals surface area contributed by atoms with Crippen molar-refractivity contribution in [3.63, 3.8) is 0 Å². The number of piperidine rings is 1. The fourth-order valence-corrected chi connectivity index (χ4v) is 2.09. The summed E-state index contributed by atoms with van der Waals surface area (Å²) in [7, 11) is 0. The highest BCUT2D eigenvalue weighted by Gasteiger charge is 2.54. The molecule has 0 saturated carbocycles. The summed E-state index contributed by atoms with van der Waals surface area (Å²) in [5.74, 6) is -1.86. The third-order valence-electron chi connectivity index (χ3n) is 2.97. The molecular weight excluding hydrogens is 220 g/mol. The predicted molar refractivity (Wildman–Crippen MR) is 47.7 cm³/mol. The van der Waals surface area contributed by atoms with Gasteiger partial charge in [0.2, 0.25) is 0 Å². The first-order valence-electron chi connectivity index (χ1n) is 4.77. The van der Waals surface area contributed by atoms with Crippen LogP contribution in [0, 0.1) is 0 Å². The number of amides is 2. The number of aliphatic hydroxyl groups is 4. The Hall–Kier alpha value is -1.22. The second-order valence-electron chi connectivity index (χ2n) is 3.85. The molecule has 0 aromatic rings. The Bertz CT molecular complexity index is 334. The van der Waals surface area contributed by atoms with Crippen LogP contribution in [0.3, 0.4) is 0 Å². The van der Waals surface area contributed by atoms with Crippen LogP contribution in [-0.2, 0) is 9.59 Å². The highest BCUT2D eigenvalue weighted by atomic mass is 16.4. The summed E-state index contributed by atoms with van der Waals surface area (Å²) >= 11 is 0. The summed E-state index contributed by atoms with van der Waals surface area (Å²) in [6.07, 6.45) is -5.60. The Morgan fingerprint density at radius 2 is 1.75 bits per heavy atom. The molecule has 90 valence electrons. The Labute approximate surface area is 90.1 Å². The number of hydrogen-bond donors (Lipinski definition) is 5. The van der Waals surface area contributed by atoms with Gasteiger partial charge in [-0.1, -0.05) is 0 Å². The molecule has 2 aliphatic heterocycles. The van der Waals surface area contributed by atoms with E-state index in [9.17, 15) is 24.9 Å². The smallest absolute Gasteiger partial charge is 0.314 e. The molecule has 5 N–H and O–H groups in total. The lowest BCUT2D eigenvalue weighted by Crippen LogP contribution is -2.68. The number of carbonyl (C=O) groups excluding carboxylic acids is 2. The van der Waals surface area contributed by atoms with Gasteiger partial charge in [-0.15, -0.1) is 0 Å². The Balaban J connectivity index is 2.35. The number of aliphatic hydroxyl groups excluding tert-OH is 4. The Kier molecular flexibility index (Phi) is 2.58. The molecule has 2 fully saturated rings. The average Bonchev–Trinajstić information content (AvgIpc) is 2.55. The molecule has 0 spiro atoms. The Morgan fingerprint density at radius 1 is 1.12 bits per heavy atom. The Morgan fingerprint density at radius 3 is 2.31 bits per heavy atom. The van der Waals surface area contributed by atoms with Gasteiger partial charge in [-0.3, -0.25) is 9.59 Å². The maximum absolute atomic E-state index is 11.4. The van der Waals surface area contributed by atoms with Gasteiger partial charge in [0.1, 0.15) is 24.5 Å². The molecule has 0 aliphatic carbocycles. The summed E-state index contributed by atoms with van der Waals surface area (Å²) in [6.45, 7) is -0.609. The third-order valence-corrected chi connectivity index (χ3v) is 2.97. The predicted octanol–water partition coefficient (Wildman–Crippen LogP) is -4.27. The van der Waals surface area contributed by atoms with Crippen molar-refractivity contribution >= 4 is 11.8 Å². The van der Waals surface area contributed by atoms with Gasteiger partial charge in [0.05, 0.1) is 12.6 Å². The van der Waals surface area contributed by atoms with E-state index < -0.39 is 48.9 Å². The van der Waals surface area contributed by atoms with Crippen LogP contribution in [0.25, 0.3) is 0 Å². The van der Waals surface area contributed by atoms with Crippen LogP contribution < -0.4 is 5.32 Å². The van der Waals surface area contributed by atoms with Crippen molar-refractivity contribution in [3.05, 3.63) is 0 Å². The zero-order chi connectivity index (χ0) is 12.0. The van der Waals surface area contributed by atoms with Gasteiger partial charge < -0.3 is 30.6 Å². The second kappa shape index (κ2) is 3.67. The van der Waals surface area contributed by atoms with Crippen molar-refractivity contribution in [2.75, 3.05) is 6.61 Å². The van der Waals surface area contributed by atoms with E-state index in [4.69, 9.17) is 5.11 Å². The SMILES string of the molecule is O=C1N[C@@H]2[C@@H](O)[C@@H](O)[C@H](O)[C@@H](CO)N2C1=O.